The molecule has 6 rings (SSSR count). The summed E-state index contributed by atoms with van der Waals surface area (Å²) in [5, 5.41) is 43.0. The summed E-state index contributed by atoms with van der Waals surface area (Å²) >= 11 is 0. The van der Waals surface area contributed by atoms with Crippen LogP contribution in [0.4, 0.5) is 5.69 Å². The number of ether oxygens (including phenoxy) is 2. The van der Waals surface area contributed by atoms with Crippen LogP contribution in [0, 0.1) is 0 Å². The number of nitrogens with zero attached hydrogens (tertiary/aromatic N) is 4. The Bertz CT molecular complexity index is 2260. The Hall–Kier alpha value is -6.38. The molecule has 1 aliphatic heterocycles. The molecule has 2 aromatic carbocycles. The molecule has 1 fully saturated rings. The molecule has 0 unspecified atom stereocenters. The minimum Gasteiger partial charge on any atom is -0.480 e. The second-order valence-corrected chi connectivity index (χ2v) is 14.0. The lowest BCUT2D eigenvalue weighted by Gasteiger charge is -2.34. The van der Waals surface area contributed by atoms with Crippen LogP contribution in [0.1, 0.15) is 61.0 Å². The molecule has 4 heterocycles. The second-order valence-electron chi connectivity index (χ2n) is 12.3. The highest BCUT2D eigenvalue weighted by atomic mass is 32.2. The predicted molar refractivity (Wildman–Crippen MR) is 189 cm³/mol. The fourth-order valence-corrected chi connectivity index (χ4v) is 6.43. The van der Waals surface area contributed by atoms with E-state index in [-0.39, 0.29) is 23.8 Å². The fourth-order valence-electron chi connectivity index (χ4n) is 5.89. The van der Waals surface area contributed by atoms with Crippen molar-refractivity contribution >= 4 is 50.5 Å². The molecule has 54 heavy (non-hydrogen) atoms. The largest absolute Gasteiger partial charge is 0.480 e. The molecule has 0 spiro atoms. The van der Waals surface area contributed by atoms with Crippen molar-refractivity contribution in [3.63, 3.8) is 0 Å². The number of benzene rings is 2. The molecule has 0 radical (unpaired) electrons. The van der Waals surface area contributed by atoms with Crippen molar-refractivity contribution in [2.45, 2.75) is 32.6 Å². The number of sulfonamides is 1. The van der Waals surface area contributed by atoms with Crippen LogP contribution in [0.3, 0.4) is 0 Å². The number of carboxylic acid groups (broad SMARTS) is 4. The number of pyridine rings is 1. The Morgan fingerprint density at radius 1 is 0.852 bits per heavy atom. The van der Waals surface area contributed by atoms with Crippen LogP contribution in [0.2, 0.25) is 0 Å². The van der Waals surface area contributed by atoms with E-state index < -0.39 is 56.2 Å². The van der Waals surface area contributed by atoms with Gasteiger partial charge in [0.15, 0.2) is 0 Å². The van der Waals surface area contributed by atoms with Crippen molar-refractivity contribution in [1.29, 1.82) is 0 Å². The molecule has 0 bridgehead atoms. The number of carbonyl (C=O) groups is 4. The first-order valence-corrected chi connectivity index (χ1v) is 17.8. The van der Waals surface area contributed by atoms with Gasteiger partial charge in [0, 0.05) is 35.8 Å². The summed E-state index contributed by atoms with van der Waals surface area (Å²) in [4.78, 5) is 54.2. The van der Waals surface area contributed by atoms with E-state index in [0.717, 1.165) is 47.1 Å². The monoisotopic (exact) mass is 766 g/mol. The molecular formula is C34H34N6O13S. The van der Waals surface area contributed by atoms with Gasteiger partial charge in [0.1, 0.15) is 11.4 Å². The van der Waals surface area contributed by atoms with Gasteiger partial charge < -0.3 is 34.3 Å². The maximum absolute atomic E-state index is 11.8. The van der Waals surface area contributed by atoms with Crippen LogP contribution in [0.25, 0.3) is 33.5 Å². The quantitative estimate of drug-likeness (QED) is 0.112. The summed E-state index contributed by atoms with van der Waals surface area (Å²) in [6, 6.07) is 6.55. The molecule has 19 nitrogen and oxygen atoms in total. The number of aromatic amines is 1. The summed E-state index contributed by atoms with van der Waals surface area (Å²) in [7, 11) is -2.09. The molecule has 1 saturated heterocycles. The zero-order valence-electron chi connectivity index (χ0n) is 29.1. The van der Waals surface area contributed by atoms with Crippen molar-refractivity contribution in [3.8, 4) is 28.5 Å². The number of nitrogens with one attached hydrogen (secondary N) is 2. The van der Waals surface area contributed by atoms with Gasteiger partial charge >= 0.3 is 23.9 Å². The first-order chi connectivity index (χ1) is 25.4. The normalized spacial score (nSPS) is 15.9. The number of hydrogen-bond donors (Lipinski definition) is 6. The number of carboxylic acids is 4. The van der Waals surface area contributed by atoms with Gasteiger partial charge in [-0.25, -0.2) is 37.6 Å². The highest BCUT2D eigenvalue weighted by Crippen LogP contribution is 2.35. The zero-order valence-corrected chi connectivity index (χ0v) is 29.9. The number of H-pyrrole nitrogens is 1. The van der Waals surface area contributed by atoms with Gasteiger partial charge in [0.2, 0.25) is 21.8 Å². The molecule has 0 aliphatic carbocycles. The zero-order chi connectivity index (χ0) is 39.5. The van der Waals surface area contributed by atoms with Gasteiger partial charge in [-0.3, -0.25) is 14.7 Å². The molecule has 3 aromatic heterocycles. The number of hydrogen-bond acceptors (Lipinski definition) is 13. The lowest BCUT2D eigenvalue weighted by molar-refractivity contribution is -0.0718. The lowest BCUT2D eigenvalue weighted by atomic mass is 9.98. The van der Waals surface area contributed by atoms with Gasteiger partial charge in [-0.2, -0.15) is 5.10 Å². The number of anilines is 1. The van der Waals surface area contributed by atoms with Crippen LogP contribution < -0.4 is 9.46 Å². The van der Waals surface area contributed by atoms with Crippen molar-refractivity contribution in [2.75, 3.05) is 31.2 Å². The summed E-state index contributed by atoms with van der Waals surface area (Å²) in [6.07, 6.45) is 6.51. The van der Waals surface area contributed by atoms with E-state index in [1.54, 1.807) is 24.7 Å². The van der Waals surface area contributed by atoms with Crippen LogP contribution in [0.15, 0.2) is 53.3 Å². The third-order valence-electron chi connectivity index (χ3n) is 7.97. The number of methoxy groups -OCH3 is 1. The summed E-state index contributed by atoms with van der Waals surface area (Å²) in [6.45, 7) is 6.44. The Balaban J connectivity index is 0.000000263. The van der Waals surface area contributed by atoms with E-state index in [0.29, 0.717) is 30.1 Å². The van der Waals surface area contributed by atoms with Crippen molar-refractivity contribution in [1.82, 2.24) is 25.1 Å². The molecule has 284 valence electrons. The number of aromatic carboxylic acids is 4. The minimum atomic E-state index is -3.53. The first kappa shape index (κ1) is 38.8. The van der Waals surface area contributed by atoms with Gasteiger partial charge in [-0.1, -0.05) is 0 Å². The number of aromatic nitrogens is 4. The lowest BCUT2D eigenvalue weighted by Crippen LogP contribution is -2.44. The topological polar surface area (TPSA) is 285 Å². The summed E-state index contributed by atoms with van der Waals surface area (Å²) in [5.41, 5.74) is 0.110. The van der Waals surface area contributed by atoms with Gasteiger partial charge in [-0.05, 0) is 49.7 Å². The second kappa shape index (κ2) is 15.7. The Morgan fingerprint density at radius 3 is 1.94 bits per heavy atom. The predicted octanol–water partition coefficient (Wildman–Crippen LogP) is 3.75. The number of morpholine rings is 1. The Kier molecular flexibility index (Phi) is 11.3. The van der Waals surface area contributed by atoms with Crippen molar-refractivity contribution in [3.05, 3.63) is 76.9 Å². The van der Waals surface area contributed by atoms with Gasteiger partial charge in [0.05, 0.1) is 72.3 Å². The molecule has 5 aromatic rings. The van der Waals surface area contributed by atoms with Crippen LogP contribution >= 0.6 is 0 Å². The maximum atomic E-state index is 11.8. The summed E-state index contributed by atoms with van der Waals surface area (Å²) < 4.78 is 43.4. The molecule has 6 N–H and O–H groups in total. The Morgan fingerprint density at radius 2 is 1.43 bits per heavy atom. The van der Waals surface area contributed by atoms with Crippen LogP contribution in [-0.4, -0.2) is 116 Å². The van der Waals surface area contributed by atoms with Crippen molar-refractivity contribution < 1.29 is 61.9 Å². The smallest absolute Gasteiger partial charge is 0.336 e. The molecule has 2 atom stereocenters. The number of fused-ring (bicyclic) bond motifs is 1. The van der Waals surface area contributed by atoms with Gasteiger partial charge in [-0.15, -0.1) is 0 Å². The SMILES string of the molecule is COc1ncc(-c2cc(-c3ncc(CN4C[C@@H](C)O[C@@H](C)C4)o3)c3cn[nH]c3c2)cc1NS(C)(=O)=O.O=C(O)c1cc(C(=O)O)c(C(=O)O)cc1C(=O)O. The highest BCUT2D eigenvalue weighted by Gasteiger charge is 2.26. The average molecular weight is 767 g/mol. The van der Waals surface area contributed by atoms with Crippen LogP contribution in [-0.2, 0) is 21.3 Å². The van der Waals surface area contributed by atoms with E-state index in [2.05, 4.69) is 43.6 Å². The van der Waals surface area contributed by atoms with E-state index in [9.17, 15) is 27.6 Å². The van der Waals surface area contributed by atoms with Crippen molar-refractivity contribution in [2.24, 2.45) is 0 Å². The number of oxazole rings is 1. The third-order valence-corrected chi connectivity index (χ3v) is 8.56. The third kappa shape index (κ3) is 8.97. The maximum Gasteiger partial charge on any atom is 0.336 e. The molecule has 20 heteroatoms. The number of rotatable bonds is 11. The first-order valence-electron chi connectivity index (χ1n) is 15.9. The van der Waals surface area contributed by atoms with Crippen LogP contribution in [0.5, 0.6) is 5.88 Å². The van der Waals surface area contributed by atoms with E-state index in [1.165, 1.54) is 7.11 Å². The average Bonchev–Trinajstić information content (AvgIpc) is 3.76. The molecule has 1 aliphatic rings. The molecular weight excluding hydrogens is 732 g/mol. The standard InChI is InChI=1S/C24H28N6O5S.C10H6O8/c1-14-11-30(12-15(2)34-14)13-18-9-26-23(35-18)19-5-16(6-21-20(19)10-27-28-21)17-7-22(29-36(4,31)32)24(33-3)25-8-17;11-7(12)3-1-4(8(13)14)6(10(17)18)2-5(3)9(15)16/h5-10,14-15,29H,11-13H2,1-4H3,(H,27,28);1-2H,(H,11,12)(H,13,14)(H,15,16)(H,17,18)/t14-,15+;. The van der Waals surface area contributed by atoms with E-state index in [4.69, 9.17) is 34.3 Å². The van der Waals surface area contributed by atoms with Gasteiger partial charge in [0.25, 0.3) is 0 Å². The Labute approximate surface area is 306 Å². The molecule has 0 saturated carbocycles. The van der Waals surface area contributed by atoms with E-state index >= 15 is 0 Å². The fraction of sp³-hybridized carbons (Fsp3) is 0.265. The molecule has 0 amide bonds. The summed E-state index contributed by atoms with van der Waals surface area (Å²) in [5.74, 6) is -5.23. The minimum absolute atomic E-state index is 0.165. The highest BCUT2D eigenvalue weighted by molar-refractivity contribution is 7.92. The van der Waals surface area contributed by atoms with E-state index in [1.807, 2.05) is 12.1 Å².